The zero-order valence-corrected chi connectivity index (χ0v) is 16.9. The minimum Gasteiger partial charge on any atom is -0.362 e. The molecule has 0 aliphatic carbocycles. The fourth-order valence-corrected chi connectivity index (χ4v) is 3.41. The van der Waals surface area contributed by atoms with Gasteiger partial charge in [0.1, 0.15) is 0 Å². The van der Waals surface area contributed by atoms with Crippen molar-refractivity contribution in [3.8, 4) is 0 Å². The van der Waals surface area contributed by atoms with Gasteiger partial charge in [0, 0.05) is 24.3 Å². The zero-order valence-electron chi connectivity index (χ0n) is 16.9. The molecule has 1 N–H and O–H groups in total. The molecule has 148 valence electrons. The van der Waals surface area contributed by atoms with E-state index >= 15 is 0 Å². The molecule has 0 bridgehead atoms. The number of nitrogens with zero attached hydrogens (tertiary/aromatic N) is 2. The molecule has 3 nitrogen and oxygen atoms in total. The molecule has 0 saturated carbocycles. The third kappa shape index (κ3) is 5.36. The molecule has 0 radical (unpaired) electrons. The lowest BCUT2D eigenvalue weighted by molar-refractivity contribution is 0.799. The average molecular weight is 392 g/mol. The zero-order chi connectivity index (χ0) is 20.4. The maximum absolute atomic E-state index is 4.47. The quantitative estimate of drug-likeness (QED) is 0.280. The highest BCUT2D eigenvalue weighted by Crippen LogP contribution is 2.24. The van der Waals surface area contributed by atoms with Crippen molar-refractivity contribution in [3.63, 3.8) is 0 Å². The van der Waals surface area contributed by atoms with Gasteiger partial charge in [-0.3, -0.25) is 5.43 Å². The number of para-hydroxylation sites is 2. The minimum atomic E-state index is 0.826. The van der Waals surface area contributed by atoms with Gasteiger partial charge in [0.2, 0.25) is 0 Å². The topological polar surface area (TPSA) is 27.6 Å². The van der Waals surface area contributed by atoms with Crippen LogP contribution in [0.15, 0.2) is 120 Å². The first-order valence-electron chi connectivity index (χ1n) is 10.1. The van der Waals surface area contributed by atoms with Gasteiger partial charge >= 0.3 is 0 Å². The predicted molar refractivity (Wildman–Crippen MR) is 127 cm³/mol. The van der Waals surface area contributed by atoms with Crippen molar-refractivity contribution in [2.24, 2.45) is 5.10 Å². The van der Waals surface area contributed by atoms with E-state index in [0.717, 1.165) is 30.0 Å². The van der Waals surface area contributed by atoms with E-state index in [1.807, 2.05) is 36.5 Å². The summed E-state index contributed by atoms with van der Waals surface area (Å²) in [4.78, 5) is 2.40. The average Bonchev–Trinajstić information content (AvgIpc) is 2.81. The Morgan fingerprint density at radius 3 is 1.70 bits per heavy atom. The van der Waals surface area contributed by atoms with E-state index in [-0.39, 0.29) is 0 Å². The minimum absolute atomic E-state index is 0.826. The smallest absolute Gasteiger partial charge is 0.0565 e. The van der Waals surface area contributed by atoms with E-state index in [0.29, 0.717) is 0 Å². The lowest BCUT2D eigenvalue weighted by atomic mass is 10.1. The SMILES string of the molecule is C(=N\Nc1ccccc1)/c1ccccc1N(Cc1ccccc1)Cc1ccccc1. The summed E-state index contributed by atoms with van der Waals surface area (Å²) in [6.45, 7) is 1.65. The van der Waals surface area contributed by atoms with Gasteiger partial charge in [-0.15, -0.1) is 0 Å². The van der Waals surface area contributed by atoms with Crippen LogP contribution in [0.4, 0.5) is 11.4 Å². The monoisotopic (exact) mass is 391 g/mol. The number of rotatable bonds is 8. The van der Waals surface area contributed by atoms with Crippen molar-refractivity contribution >= 4 is 17.6 Å². The van der Waals surface area contributed by atoms with E-state index in [1.54, 1.807) is 0 Å². The van der Waals surface area contributed by atoms with Crippen LogP contribution in [0.25, 0.3) is 0 Å². The van der Waals surface area contributed by atoms with E-state index in [1.165, 1.54) is 11.1 Å². The van der Waals surface area contributed by atoms with Crippen LogP contribution in [0.2, 0.25) is 0 Å². The Labute approximate surface area is 178 Å². The molecule has 0 fully saturated rings. The van der Waals surface area contributed by atoms with Crippen LogP contribution < -0.4 is 10.3 Å². The highest BCUT2D eigenvalue weighted by molar-refractivity contribution is 5.88. The van der Waals surface area contributed by atoms with Crippen molar-refractivity contribution < 1.29 is 0 Å². The summed E-state index contributed by atoms with van der Waals surface area (Å²) < 4.78 is 0. The summed E-state index contributed by atoms with van der Waals surface area (Å²) in [5, 5.41) is 4.47. The van der Waals surface area contributed by atoms with E-state index in [9.17, 15) is 0 Å². The second-order valence-electron chi connectivity index (χ2n) is 7.12. The molecule has 0 aliphatic heterocycles. The maximum atomic E-state index is 4.47. The van der Waals surface area contributed by atoms with Gasteiger partial charge in [0.15, 0.2) is 0 Å². The molecule has 0 unspecified atom stereocenters. The fraction of sp³-hybridized carbons (Fsp3) is 0.0741. The molecule has 0 heterocycles. The number of hydrogen-bond donors (Lipinski definition) is 1. The van der Waals surface area contributed by atoms with Gasteiger partial charge in [-0.2, -0.15) is 5.10 Å². The molecular weight excluding hydrogens is 366 g/mol. The Balaban J connectivity index is 1.61. The first-order chi connectivity index (χ1) is 14.9. The molecule has 0 amide bonds. The summed E-state index contributed by atoms with van der Waals surface area (Å²) in [6.07, 6.45) is 1.89. The van der Waals surface area contributed by atoms with Crippen LogP contribution in [0.3, 0.4) is 0 Å². The van der Waals surface area contributed by atoms with Crippen molar-refractivity contribution in [1.29, 1.82) is 0 Å². The number of nitrogens with one attached hydrogen (secondary N) is 1. The summed E-state index contributed by atoms with van der Waals surface area (Å²) in [5.74, 6) is 0. The fourth-order valence-electron chi connectivity index (χ4n) is 3.41. The normalized spacial score (nSPS) is 10.8. The molecule has 0 spiro atoms. The van der Waals surface area contributed by atoms with Gasteiger partial charge in [-0.1, -0.05) is 97.1 Å². The number of anilines is 2. The largest absolute Gasteiger partial charge is 0.362 e. The standard InChI is InChI=1S/C27H25N3/c1-4-12-23(13-5-1)21-30(22-24-14-6-2-7-15-24)27-19-11-10-16-25(27)20-28-29-26-17-8-3-9-18-26/h1-20,29H,21-22H2/b28-20+. The Morgan fingerprint density at radius 1 is 0.600 bits per heavy atom. The van der Waals surface area contributed by atoms with Crippen molar-refractivity contribution in [2.75, 3.05) is 10.3 Å². The van der Waals surface area contributed by atoms with E-state index < -0.39 is 0 Å². The molecule has 4 rings (SSSR count). The number of benzene rings is 4. The van der Waals surface area contributed by atoms with Crippen LogP contribution in [0, 0.1) is 0 Å². The lowest BCUT2D eigenvalue weighted by Gasteiger charge is -2.27. The Kier molecular flexibility index (Phi) is 6.54. The van der Waals surface area contributed by atoms with Crippen molar-refractivity contribution in [3.05, 3.63) is 132 Å². The van der Waals surface area contributed by atoms with Crippen LogP contribution >= 0.6 is 0 Å². The van der Waals surface area contributed by atoms with Gasteiger partial charge < -0.3 is 4.90 Å². The van der Waals surface area contributed by atoms with Crippen LogP contribution in [0.5, 0.6) is 0 Å². The molecule has 30 heavy (non-hydrogen) atoms. The second-order valence-corrected chi connectivity index (χ2v) is 7.12. The number of hydrazone groups is 1. The molecule has 0 aliphatic rings. The molecule has 0 aromatic heterocycles. The van der Waals surface area contributed by atoms with Crippen molar-refractivity contribution in [1.82, 2.24) is 0 Å². The summed E-state index contributed by atoms with van der Waals surface area (Å²) >= 11 is 0. The summed E-state index contributed by atoms with van der Waals surface area (Å²) in [6, 6.07) is 39.6. The summed E-state index contributed by atoms with van der Waals surface area (Å²) in [5.41, 5.74) is 8.87. The van der Waals surface area contributed by atoms with Crippen LogP contribution in [-0.2, 0) is 13.1 Å². The van der Waals surface area contributed by atoms with Crippen LogP contribution in [-0.4, -0.2) is 6.21 Å². The Morgan fingerprint density at radius 2 is 1.10 bits per heavy atom. The van der Waals surface area contributed by atoms with Crippen LogP contribution in [0.1, 0.15) is 16.7 Å². The Bertz CT molecular complexity index is 1020. The predicted octanol–water partition coefficient (Wildman–Crippen LogP) is 6.34. The summed E-state index contributed by atoms with van der Waals surface area (Å²) in [7, 11) is 0. The maximum Gasteiger partial charge on any atom is 0.0565 e. The first-order valence-corrected chi connectivity index (χ1v) is 10.1. The van der Waals surface area contributed by atoms with Gasteiger partial charge in [-0.05, 0) is 29.3 Å². The lowest BCUT2D eigenvalue weighted by Crippen LogP contribution is -2.23. The highest BCUT2D eigenvalue weighted by atomic mass is 15.3. The molecular formula is C27H25N3. The van der Waals surface area contributed by atoms with Gasteiger partial charge in [0.05, 0.1) is 11.9 Å². The Hall–Kier alpha value is -3.85. The molecule has 3 heteroatoms. The third-order valence-corrected chi connectivity index (χ3v) is 4.88. The molecule has 0 saturated heterocycles. The van der Waals surface area contributed by atoms with E-state index in [2.05, 4.69) is 100 Å². The highest BCUT2D eigenvalue weighted by Gasteiger charge is 2.12. The molecule has 0 atom stereocenters. The van der Waals surface area contributed by atoms with E-state index in [4.69, 9.17) is 0 Å². The van der Waals surface area contributed by atoms with Crippen molar-refractivity contribution in [2.45, 2.75) is 13.1 Å². The van der Waals surface area contributed by atoms with Gasteiger partial charge in [-0.25, -0.2) is 0 Å². The second kappa shape index (κ2) is 10.1. The third-order valence-electron chi connectivity index (χ3n) is 4.88. The number of hydrogen-bond acceptors (Lipinski definition) is 3. The molecule has 4 aromatic rings. The first kappa shape index (κ1) is 19.5. The molecule has 4 aromatic carbocycles. The van der Waals surface area contributed by atoms with Gasteiger partial charge in [0.25, 0.3) is 0 Å².